The van der Waals surface area contributed by atoms with Gasteiger partial charge in [-0.2, -0.15) is 0 Å². The van der Waals surface area contributed by atoms with E-state index < -0.39 is 5.82 Å². The van der Waals surface area contributed by atoms with Crippen molar-refractivity contribution in [2.75, 3.05) is 0 Å². The Morgan fingerprint density at radius 2 is 2.29 bits per heavy atom. The highest BCUT2D eigenvalue weighted by Crippen LogP contribution is 2.17. The summed E-state index contributed by atoms with van der Waals surface area (Å²) in [4.78, 5) is 0. The number of hydrogen-bond acceptors (Lipinski definition) is 2. The zero-order valence-electron chi connectivity index (χ0n) is 7.91. The van der Waals surface area contributed by atoms with Gasteiger partial charge >= 0.3 is 0 Å². The van der Waals surface area contributed by atoms with Gasteiger partial charge in [0, 0.05) is 11.6 Å². The average Bonchev–Trinajstić information content (AvgIpc) is 2.18. The molecule has 0 saturated heterocycles. The maximum absolute atomic E-state index is 13.2. The molecule has 0 bridgehead atoms. The maximum Gasteiger partial charge on any atom is 0.129 e. The second-order valence-corrected chi connectivity index (χ2v) is 3.14. The molecule has 1 aromatic rings. The normalized spacial score (nSPS) is 12.5. The van der Waals surface area contributed by atoms with Gasteiger partial charge in [0.05, 0.1) is 6.61 Å². The van der Waals surface area contributed by atoms with E-state index in [0.29, 0.717) is 12.0 Å². The Morgan fingerprint density at radius 3 is 2.79 bits per heavy atom. The third-order valence-electron chi connectivity index (χ3n) is 2.10. The van der Waals surface area contributed by atoms with E-state index in [4.69, 9.17) is 10.8 Å². The minimum atomic E-state index is -0.412. The van der Waals surface area contributed by atoms with Crippen LogP contribution in [-0.2, 0) is 6.61 Å². The number of halogens is 1. The molecule has 0 amide bonds. The van der Waals surface area contributed by atoms with Crippen LogP contribution in [0, 0.1) is 5.82 Å². The summed E-state index contributed by atoms with van der Waals surface area (Å²) in [6.45, 7) is 3.28. The first-order valence-corrected chi connectivity index (χ1v) is 4.44. The van der Waals surface area contributed by atoms with Gasteiger partial charge < -0.3 is 10.8 Å². The van der Waals surface area contributed by atoms with E-state index in [-0.39, 0.29) is 12.6 Å². The lowest BCUT2D eigenvalue weighted by Gasteiger charge is -2.10. The monoisotopic (exact) mass is 195 g/mol. The van der Waals surface area contributed by atoms with Crippen LogP contribution in [0.4, 0.5) is 4.39 Å². The first-order chi connectivity index (χ1) is 6.69. The molecule has 0 aliphatic carbocycles. The van der Waals surface area contributed by atoms with E-state index in [1.165, 1.54) is 6.07 Å². The summed E-state index contributed by atoms with van der Waals surface area (Å²) < 4.78 is 13.2. The van der Waals surface area contributed by atoms with Gasteiger partial charge in [0.15, 0.2) is 0 Å². The number of rotatable bonds is 4. The van der Waals surface area contributed by atoms with Crippen molar-refractivity contribution in [2.24, 2.45) is 5.73 Å². The fourth-order valence-corrected chi connectivity index (χ4v) is 1.24. The lowest BCUT2D eigenvalue weighted by atomic mass is 10.0. The Balaban J connectivity index is 2.90. The van der Waals surface area contributed by atoms with Crippen molar-refractivity contribution in [3.05, 3.63) is 47.8 Å². The van der Waals surface area contributed by atoms with Crippen LogP contribution in [0.15, 0.2) is 30.9 Å². The summed E-state index contributed by atoms with van der Waals surface area (Å²) in [6, 6.07) is 4.41. The number of hydrogen-bond donors (Lipinski definition) is 2. The number of nitrogens with two attached hydrogens (primary N) is 1. The number of aliphatic hydroxyl groups is 1. The summed E-state index contributed by atoms with van der Waals surface area (Å²) in [7, 11) is 0. The number of benzene rings is 1. The fourth-order valence-electron chi connectivity index (χ4n) is 1.24. The zero-order chi connectivity index (χ0) is 10.6. The van der Waals surface area contributed by atoms with Crippen molar-refractivity contribution in [3.63, 3.8) is 0 Å². The molecular formula is C11H14FNO. The third kappa shape index (κ3) is 2.40. The molecule has 0 aromatic heterocycles. The molecule has 0 saturated carbocycles. The smallest absolute Gasteiger partial charge is 0.129 e. The van der Waals surface area contributed by atoms with Crippen molar-refractivity contribution in [3.8, 4) is 0 Å². The molecule has 1 atom stereocenters. The predicted molar refractivity (Wildman–Crippen MR) is 54.1 cm³/mol. The van der Waals surface area contributed by atoms with Gasteiger partial charge in [-0.25, -0.2) is 4.39 Å². The minimum Gasteiger partial charge on any atom is -0.392 e. The van der Waals surface area contributed by atoms with Crippen LogP contribution in [0.5, 0.6) is 0 Å². The predicted octanol–water partition coefficient (Wildman–Crippen LogP) is 1.89. The van der Waals surface area contributed by atoms with Crippen LogP contribution in [-0.4, -0.2) is 5.11 Å². The SMILES string of the molecule is C=CC[C@@H](N)c1ccc(CO)c(F)c1. The van der Waals surface area contributed by atoms with Crippen LogP contribution in [0.25, 0.3) is 0 Å². The molecule has 0 heterocycles. The van der Waals surface area contributed by atoms with Crippen LogP contribution in [0.1, 0.15) is 23.6 Å². The standard InChI is InChI=1S/C11H14FNO/c1-2-3-11(13)8-4-5-9(7-14)10(12)6-8/h2,4-6,11,14H,1,3,7,13H2/t11-/m1/s1. The largest absolute Gasteiger partial charge is 0.392 e. The molecule has 0 fully saturated rings. The number of aliphatic hydroxyl groups excluding tert-OH is 1. The van der Waals surface area contributed by atoms with E-state index >= 15 is 0 Å². The van der Waals surface area contributed by atoms with E-state index in [1.54, 1.807) is 18.2 Å². The summed E-state index contributed by atoms with van der Waals surface area (Å²) in [6.07, 6.45) is 2.31. The highest BCUT2D eigenvalue weighted by atomic mass is 19.1. The Kier molecular flexibility index (Phi) is 3.80. The lowest BCUT2D eigenvalue weighted by molar-refractivity contribution is 0.275. The van der Waals surface area contributed by atoms with Gasteiger partial charge in [0.25, 0.3) is 0 Å². The van der Waals surface area contributed by atoms with Crippen molar-refractivity contribution in [1.29, 1.82) is 0 Å². The molecule has 14 heavy (non-hydrogen) atoms. The molecule has 2 nitrogen and oxygen atoms in total. The van der Waals surface area contributed by atoms with Gasteiger partial charge in [-0.15, -0.1) is 6.58 Å². The van der Waals surface area contributed by atoms with Crippen LogP contribution in [0.2, 0.25) is 0 Å². The van der Waals surface area contributed by atoms with E-state index in [0.717, 1.165) is 5.56 Å². The van der Waals surface area contributed by atoms with E-state index in [1.807, 2.05) is 0 Å². The Morgan fingerprint density at radius 1 is 1.57 bits per heavy atom. The molecular weight excluding hydrogens is 181 g/mol. The molecule has 3 heteroatoms. The second kappa shape index (κ2) is 4.88. The summed E-state index contributed by atoms with van der Waals surface area (Å²) in [5.41, 5.74) is 6.78. The molecule has 1 aromatic carbocycles. The van der Waals surface area contributed by atoms with Gasteiger partial charge in [0.1, 0.15) is 5.82 Å². The molecule has 0 unspecified atom stereocenters. The Labute approximate surface area is 82.9 Å². The Bertz CT molecular complexity index is 325. The zero-order valence-corrected chi connectivity index (χ0v) is 7.91. The molecule has 0 spiro atoms. The highest BCUT2D eigenvalue weighted by Gasteiger charge is 2.07. The average molecular weight is 195 g/mol. The third-order valence-corrected chi connectivity index (χ3v) is 2.10. The highest BCUT2D eigenvalue weighted by molar-refractivity contribution is 5.26. The van der Waals surface area contributed by atoms with Crippen molar-refractivity contribution in [1.82, 2.24) is 0 Å². The van der Waals surface area contributed by atoms with Crippen LogP contribution >= 0.6 is 0 Å². The second-order valence-electron chi connectivity index (χ2n) is 3.14. The first kappa shape index (κ1) is 10.9. The van der Waals surface area contributed by atoms with Crippen LogP contribution in [0.3, 0.4) is 0 Å². The summed E-state index contributed by atoms with van der Waals surface area (Å²) >= 11 is 0. The van der Waals surface area contributed by atoms with E-state index in [2.05, 4.69) is 6.58 Å². The molecule has 0 aliphatic rings. The van der Waals surface area contributed by atoms with Gasteiger partial charge in [-0.3, -0.25) is 0 Å². The quantitative estimate of drug-likeness (QED) is 0.721. The van der Waals surface area contributed by atoms with Gasteiger partial charge in [0.2, 0.25) is 0 Å². The van der Waals surface area contributed by atoms with Crippen molar-refractivity contribution in [2.45, 2.75) is 19.1 Å². The lowest BCUT2D eigenvalue weighted by Crippen LogP contribution is -2.09. The first-order valence-electron chi connectivity index (χ1n) is 4.44. The Hall–Kier alpha value is -1.19. The molecule has 1 rings (SSSR count). The molecule has 0 radical (unpaired) electrons. The summed E-state index contributed by atoms with van der Waals surface area (Å²) in [5.74, 6) is -0.412. The summed E-state index contributed by atoms with van der Waals surface area (Å²) in [5, 5.41) is 8.76. The van der Waals surface area contributed by atoms with Crippen LogP contribution < -0.4 is 5.73 Å². The van der Waals surface area contributed by atoms with Gasteiger partial charge in [-0.05, 0) is 18.1 Å². The van der Waals surface area contributed by atoms with Crippen molar-refractivity contribution >= 4 is 0 Å². The molecule has 3 N–H and O–H groups in total. The van der Waals surface area contributed by atoms with Crippen molar-refractivity contribution < 1.29 is 9.50 Å². The molecule has 0 aliphatic heterocycles. The fraction of sp³-hybridized carbons (Fsp3) is 0.273. The van der Waals surface area contributed by atoms with E-state index in [9.17, 15) is 4.39 Å². The molecule has 76 valence electrons. The minimum absolute atomic E-state index is 0.227. The maximum atomic E-state index is 13.2. The topological polar surface area (TPSA) is 46.2 Å². The van der Waals surface area contributed by atoms with Gasteiger partial charge in [-0.1, -0.05) is 18.2 Å².